The van der Waals surface area contributed by atoms with Gasteiger partial charge in [0.1, 0.15) is 5.92 Å². The molecule has 1 aromatic rings. The summed E-state index contributed by atoms with van der Waals surface area (Å²) in [5.74, 6) is 0.207. The number of hydrogen-bond donors (Lipinski definition) is 1. The van der Waals surface area contributed by atoms with Crippen molar-refractivity contribution in [1.82, 2.24) is 0 Å². The van der Waals surface area contributed by atoms with Crippen molar-refractivity contribution in [3.05, 3.63) is 24.3 Å². The monoisotopic (exact) mass is 262 g/mol. The van der Waals surface area contributed by atoms with Gasteiger partial charge in [-0.25, -0.2) is 0 Å². The summed E-state index contributed by atoms with van der Waals surface area (Å²) in [4.78, 5) is 13.0. The Labute approximate surface area is 113 Å². The van der Waals surface area contributed by atoms with E-state index in [-0.39, 0.29) is 11.8 Å². The minimum Gasteiger partial charge on any atom is -0.325 e. The summed E-state index contributed by atoms with van der Waals surface area (Å²) in [6.45, 7) is 5.84. The SMILES string of the molecule is CCSc1ccc(NC(=O)C(C#N)C(C)C)cc1. The molecule has 0 spiro atoms. The van der Waals surface area contributed by atoms with Crippen LogP contribution in [0, 0.1) is 23.2 Å². The van der Waals surface area contributed by atoms with Gasteiger partial charge in [-0.2, -0.15) is 5.26 Å². The fourth-order valence-corrected chi connectivity index (χ4v) is 2.19. The highest BCUT2D eigenvalue weighted by Gasteiger charge is 2.21. The second kappa shape index (κ2) is 7.07. The van der Waals surface area contributed by atoms with Crippen molar-refractivity contribution in [3.63, 3.8) is 0 Å². The number of thioether (sulfide) groups is 1. The summed E-state index contributed by atoms with van der Waals surface area (Å²) in [5, 5.41) is 11.7. The molecule has 1 unspecified atom stereocenters. The molecule has 0 aliphatic heterocycles. The zero-order valence-corrected chi connectivity index (χ0v) is 11.8. The molecule has 1 amide bonds. The normalized spacial score (nSPS) is 11.9. The summed E-state index contributed by atoms with van der Waals surface area (Å²) in [6, 6.07) is 9.71. The molecule has 0 radical (unpaired) electrons. The van der Waals surface area contributed by atoms with Crippen molar-refractivity contribution >= 4 is 23.4 Å². The first-order valence-corrected chi connectivity index (χ1v) is 7.00. The van der Waals surface area contributed by atoms with Gasteiger partial charge in [-0.15, -0.1) is 11.8 Å². The van der Waals surface area contributed by atoms with Crippen molar-refractivity contribution in [2.24, 2.45) is 11.8 Å². The molecule has 4 heteroatoms. The highest BCUT2D eigenvalue weighted by molar-refractivity contribution is 7.99. The van der Waals surface area contributed by atoms with Gasteiger partial charge >= 0.3 is 0 Å². The Morgan fingerprint density at radius 2 is 2.00 bits per heavy atom. The van der Waals surface area contributed by atoms with Crippen LogP contribution < -0.4 is 5.32 Å². The molecule has 18 heavy (non-hydrogen) atoms. The van der Waals surface area contributed by atoms with Crippen molar-refractivity contribution in [1.29, 1.82) is 5.26 Å². The van der Waals surface area contributed by atoms with Crippen LogP contribution in [0.1, 0.15) is 20.8 Å². The third-order valence-electron chi connectivity index (χ3n) is 2.52. The number of nitrogens with zero attached hydrogens (tertiary/aromatic N) is 1. The van der Waals surface area contributed by atoms with Crippen LogP contribution in [-0.4, -0.2) is 11.7 Å². The quantitative estimate of drug-likeness (QED) is 0.826. The summed E-state index contributed by atoms with van der Waals surface area (Å²) in [6.07, 6.45) is 0. The molecule has 1 rings (SSSR count). The van der Waals surface area contributed by atoms with E-state index in [0.29, 0.717) is 0 Å². The Morgan fingerprint density at radius 1 is 1.39 bits per heavy atom. The molecule has 1 N–H and O–H groups in total. The number of carbonyl (C=O) groups is 1. The third-order valence-corrected chi connectivity index (χ3v) is 3.42. The lowest BCUT2D eigenvalue weighted by molar-refractivity contribution is -0.119. The summed E-state index contributed by atoms with van der Waals surface area (Å²) in [7, 11) is 0. The van der Waals surface area contributed by atoms with Gasteiger partial charge in [-0.05, 0) is 35.9 Å². The Hall–Kier alpha value is -1.47. The van der Waals surface area contributed by atoms with E-state index in [1.165, 1.54) is 4.90 Å². The lowest BCUT2D eigenvalue weighted by Gasteiger charge is -2.13. The van der Waals surface area contributed by atoms with Crippen molar-refractivity contribution in [2.75, 3.05) is 11.1 Å². The zero-order valence-electron chi connectivity index (χ0n) is 10.9. The van der Waals surface area contributed by atoms with Gasteiger partial charge in [-0.1, -0.05) is 20.8 Å². The summed E-state index contributed by atoms with van der Waals surface area (Å²) < 4.78 is 0. The maximum absolute atomic E-state index is 11.9. The smallest absolute Gasteiger partial charge is 0.241 e. The van der Waals surface area contributed by atoms with Crippen molar-refractivity contribution in [3.8, 4) is 6.07 Å². The van der Waals surface area contributed by atoms with Crippen LogP contribution in [0.3, 0.4) is 0 Å². The van der Waals surface area contributed by atoms with E-state index in [1.54, 1.807) is 11.8 Å². The van der Waals surface area contributed by atoms with Gasteiger partial charge in [-0.3, -0.25) is 4.79 Å². The van der Waals surface area contributed by atoms with E-state index < -0.39 is 5.92 Å². The number of nitriles is 1. The van der Waals surface area contributed by atoms with Gasteiger partial charge < -0.3 is 5.32 Å². The molecule has 3 nitrogen and oxygen atoms in total. The van der Waals surface area contributed by atoms with E-state index in [0.717, 1.165) is 11.4 Å². The molecule has 0 bridgehead atoms. The first-order valence-electron chi connectivity index (χ1n) is 6.01. The number of rotatable bonds is 5. The molecule has 0 heterocycles. The average Bonchev–Trinajstić information content (AvgIpc) is 2.32. The van der Waals surface area contributed by atoms with E-state index in [9.17, 15) is 4.79 Å². The summed E-state index contributed by atoms with van der Waals surface area (Å²) in [5.41, 5.74) is 0.737. The van der Waals surface area contributed by atoms with Crippen LogP contribution in [0.5, 0.6) is 0 Å². The topological polar surface area (TPSA) is 52.9 Å². The Balaban J connectivity index is 2.67. The predicted octanol–water partition coefficient (Wildman–Crippen LogP) is 3.53. The van der Waals surface area contributed by atoms with Crippen LogP contribution in [0.2, 0.25) is 0 Å². The molecule has 0 saturated heterocycles. The molecular formula is C14H18N2OS. The van der Waals surface area contributed by atoms with E-state index in [2.05, 4.69) is 12.2 Å². The maximum atomic E-state index is 11.9. The molecule has 1 aromatic carbocycles. The minimum absolute atomic E-state index is 0.0184. The number of nitrogens with one attached hydrogen (secondary N) is 1. The molecule has 0 fully saturated rings. The van der Waals surface area contributed by atoms with E-state index >= 15 is 0 Å². The molecular weight excluding hydrogens is 244 g/mol. The number of hydrogen-bond acceptors (Lipinski definition) is 3. The second-order valence-corrected chi connectivity index (χ2v) is 5.63. The first-order chi connectivity index (χ1) is 8.58. The van der Waals surface area contributed by atoms with Crippen LogP contribution in [-0.2, 0) is 4.79 Å². The molecule has 0 aliphatic carbocycles. The van der Waals surface area contributed by atoms with E-state index in [1.807, 2.05) is 44.2 Å². The Morgan fingerprint density at radius 3 is 2.44 bits per heavy atom. The molecule has 1 atom stereocenters. The Bertz CT molecular complexity index is 434. The van der Waals surface area contributed by atoms with Gasteiger partial charge in [0.05, 0.1) is 6.07 Å². The second-order valence-electron chi connectivity index (χ2n) is 4.30. The molecule has 0 aliphatic rings. The van der Waals surface area contributed by atoms with Crippen LogP contribution >= 0.6 is 11.8 Å². The highest BCUT2D eigenvalue weighted by atomic mass is 32.2. The Kier molecular flexibility index (Phi) is 5.73. The molecule has 0 saturated carbocycles. The van der Waals surface area contributed by atoms with Crippen LogP contribution in [0.15, 0.2) is 29.2 Å². The van der Waals surface area contributed by atoms with Gasteiger partial charge in [0, 0.05) is 10.6 Å². The zero-order chi connectivity index (χ0) is 13.5. The molecule has 0 aromatic heterocycles. The number of benzene rings is 1. The number of anilines is 1. The number of carbonyl (C=O) groups excluding carboxylic acids is 1. The fraction of sp³-hybridized carbons (Fsp3) is 0.429. The fourth-order valence-electron chi connectivity index (χ4n) is 1.53. The van der Waals surface area contributed by atoms with Gasteiger partial charge in [0.25, 0.3) is 0 Å². The van der Waals surface area contributed by atoms with E-state index in [4.69, 9.17) is 5.26 Å². The van der Waals surface area contributed by atoms with Crippen molar-refractivity contribution < 1.29 is 4.79 Å². The van der Waals surface area contributed by atoms with Gasteiger partial charge in [0.15, 0.2) is 0 Å². The van der Waals surface area contributed by atoms with Gasteiger partial charge in [0.2, 0.25) is 5.91 Å². The minimum atomic E-state index is -0.602. The largest absolute Gasteiger partial charge is 0.325 e. The maximum Gasteiger partial charge on any atom is 0.241 e. The number of amides is 1. The standard InChI is InChI=1S/C14H18N2OS/c1-4-18-12-7-5-11(6-8-12)16-14(17)13(9-15)10(2)3/h5-8,10,13H,4H2,1-3H3,(H,16,17). The summed E-state index contributed by atoms with van der Waals surface area (Å²) >= 11 is 1.75. The van der Waals surface area contributed by atoms with Crippen LogP contribution in [0.4, 0.5) is 5.69 Å². The third kappa shape index (κ3) is 4.08. The molecule has 96 valence electrons. The first kappa shape index (κ1) is 14.6. The lowest BCUT2D eigenvalue weighted by Crippen LogP contribution is -2.25. The lowest BCUT2D eigenvalue weighted by atomic mass is 9.96. The predicted molar refractivity (Wildman–Crippen MR) is 75.4 cm³/mol. The van der Waals surface area contributed by atoms with Crippen molar-refractivity contribution in [2.45, 2.75) is 25.7 Å². The average molecular weight is 262 g/mol. The van der Waals surface area contributed by atoms with Crippen LogP contribution in [0.25, 0.3) is 0 Å². The highest BCUT2D eigenvalue weighted by Crippen LogP contribution is 2.20.